The average molecular weight is 309 g/mol. The van der Waals surface area contributed by atoms with Crippen molar-refractivity contribution in [3.05, 3.63) is 35.4 Å². The minimum atomic E-state index is -3.64. The maximum Gasteiger partial charge on any atom is 0.242 e. The summed E-state index contributed by atoms with van der Waals surface area (Å²) in [6.45, 7) is 3.82. The first-order chi connectivity index (χ1) is 9.81. The molecule has 2 rings (SSSR count). The van der Waals surface area contributed by atoms with E-state index < -0.39 is 10.0 Å². The second-order valence-corrected chi connectivity index (χ2v) is 6.61. The molecule has 1 heterocycles. The lowest BCUT2D eigenvalue weighted by molar-refractivity contribution is 0.580. The third-order valence-electron chi connectivity index (χ3n) is 3.26. The fourth-order valence-corrected chi connectivity index (χ4v) is 3.49. The summed E-state index contributed by atoms with van der Waals surface area (Å²) in [6.07, 6.45) is 2.00. The van der Waals surface area contributed by atoms with Crippen molar-refractivity contribution in [3.63, 3.8) is 0 Å². The van der Waals surface area contributed by atoms with E-state index in [-0.39, 0.29) is 17.1 Å². The molecule has 2 aromatic rings. The molecule has 8 heteroatoms. The summed E-state index contributed by atoms with van der Waals surface area (Å²) in [7, 11) is -1.88. The van der Waals surface area contributed by atoms with Gasteiger partial charge in [0, 0.05) is 20.0 Å². The minimum absolute atomic E-state index is 0.150. The number of hydrogen-bond donors (Lipinski definition) is 2. The van der Waals surface area contributed by atoms with E-state index in [0.717, 1.165) is 5.56 Å². The molecule has 21 heavy (non-hydrogen) atoms. The molecule has 0 saturated carbocycles. The van der Waals surface area contributed by atoms with Crippen molar-refractivity contribution in [3.8, 4) is 0 Å². The Labute approximate surface area is 124 Å². The van der Waals surface area contributed by atoms with Crippen LogP contribution in [0.15, 0.2) is 23.4 Å². The van der Waals surface area contributed by atoms with Gasteiger partial charge in [0.05, 0.1) is 5.69 Å². The number of hydrogen-bond acceptors (Lipinski definition) is 5. The second kappa shape index (κ2) is 5.82. The van der Waals surface area contributed by atoms with Crippen molar-refractivity contribution < 1.29 is 8.42 Å². The number of aryl methyl sites for hydroxylation is 2. The second-order valence-electron chi connectivity index (χ2n) is 4.91. The molecule has 0 fully saturated rings. The summed E-state index contributed by atoms with van der Waals surface area (Å²) in [5, 5.41) is 4.10. The summed E-state index contributed by atoms with van der Waals surface area (Å²) in [4.78, 5) is 4.20. The first-order valence-electron chi connectivity index (χ1n) is 6.51. The fraction of sp³-hybridized carbons (Fsp3) is 0.385. The maximum absolute atomic E-state index is 12.4. The van der Waals surface area contributed by atoms with E-state index in [9.17, 15) is 8.42 Å². The molecule has 1 aromatic heterocycles. The van der Waals surface area contributed by atoms with Crippen LogP contribution < -0.4 is 10.5 Å². The Morgan fingerprint density at radius 2 is 2.05 bits per heavy atom. The smallest absolute Gasteiger partial charge is 0.242 e. The van der Waals surface area contributed by atoms with Gasteiger partial charge in [-0.1, -0.05) is 6.07 Å². The van der Waals surface area contributed by atoms with Gasteiger partial charge in [-0.05, 0) is 31.0 Å². The number of sulfonamides is 1. The summed E-state index contributed by atoms with van der Waals surface area (Å²) in [5.41, 5.74) is 7.62. The Kier molecular flexibility index (Phi) is 4.29. The lowest BCUT2D eigenvalue weighted by atomic mass is 10.1. The molecular formula is C13H19N5O2S. The van der Waals surface area contributed by atoms with Crippen LogP contribution in [-0.2, 0) is 23.5 Å². The van der Waals surface area contributed by atoms with Crippen molar-refractivity contribution in [1.82, 2.24) is 19.5 Å². The highest BCUT2D eigenvalue weighted by Gasteiger charge is 2.20. The topological polar surface area (TPSA) is 103 Å². The number of nitrogen functional groups attached to an aromatic ring is 1. The Balaban J connectivity index is 2.14. The molecule has 0 radical (unpaired) electrons. The molecule has 0 atom stereocenters. The predicted molar refractivity (Wildman–Crippen MR) is 80.2 cm³/mol. The van der Waals surface area contributed by atoms with Crippen LogP contribution in [0.25, 0.3) is 0 Å². The zero-order valence-corrected chi connectivity index (χ0v) is 13.1. The summed E-state index contributed by atoms with van der Waals surface area (Å²) >= 11 is 0. The van der Waals surface area contributed by atoms with Crippen molar-refractivity contribution in [2.24, 2.45) is 7.05 Å². The average Bonchev–Trinajstić information content (AvgIpc) is 2.80. The highest BCUT2D eigenvalue weighted by atomic mass is 32.2. The van der Waals surface area contributed by atoms with Crippen molar-refractivity contribution >= 4 is 15.7 Å². The quantitative estimate of drug-likeness (QED) is 0.784. The van der Waals surface area contributed by atoms with E-state index in [1.807, 2.05) is 13.0 Å². The molecule has 0 bridgehead atoms. The number of anilines is 1. The highest BCUT2D eigenvalue weighted by molar-refractivity contribution is 7.89. The van der Waals surface area contributed by atoms with Gasteiger partial charge in [0.1, 0.15) is 11.2 Å². The number of rotatable bonds is 5. The molecular weight excluding hydrogens is 290 g/mol. The number of benzene rings is 1. The molecule has 0 saturated heterocycles. The van der Waals surface area contributed by atoms with Gasteiger partial charge in [-0.15, -0.1) is 0 Å². The molecule has 7 nitrogen and oxygen atoms in total. The molecule has 114 valence electrons. The zero-order valence-electron chi connectivity index (χ0n) is 12.3. The monoisotopic (exact) mass is 309 g/mol. The molecule has 0 aliphatic heterocycles. The fourth-order valence-electron chi connectivity index (χ4n) is 2.04. The highest BCUT2D eigenvalue weighted by Crippen LogP contribution is 2.24. The van der Waals surface area contributed by atoms with E-state index >= 15 is 0 Å². The zero-order chi connectivity index (χ0) is 15.6. The number of nitrogens with one attached hydrogen (secondary N) is 1. The van der Waals surface area contributed by atoms with E-state index in [1.54, 1.807) is 31.0 Å². The molecule has 0 unspecified atom stereocenters. The van der Waals surface area contributed by atoms with E-state index in [1.165, 1.54) is 0 Å². The molecule has 0 amide bonds. The normalized spacial score (nSPS) is 11.8. The Bertz CT molecular complexity index is 752. The Hall–Kier alpha value is -1.93. The summed E-state index contributed by atoms with van der Waals surface area (Å²) in [5.74, 6) is 0.592. The Morgan fingerprint density at radius 1 is 1.33 bits per heavy atom. The standard InChI is InChI=1S/C13H19N5O2S/c1-9-4-5-11(14)13(10(9)2)21(19,20)16-7-6-12-15-8-18(3)17-12/h4-5,8,16H,6-7,14H2,1-3H3. The SMILES string of the molecule is Cc1ccc(N)c(S(=O)(=O)NCCc2ncn(C)n2)c1C. The van der Waals surface area contributed by atoms with Crippen LogP contribution in [0.5, 0.6) is 0 Å². The van der Waals surface area contributed by atoms with Gasteiger partial charge in [0.15, 0.2) is 5.82 Å². The van der Waals surface area contributed by atoms with E-state index in [0.29, 0.717) is 17.8 Å². The van der Waals surface area contributed by atoms with Crippen LogP contribution in [-0.4, -0.2) is 29.7 Å². The van der Waals surface area contributed by atoms with Gasteiger partial charge < -0.3 is 5.73 Å². The molecule has 0 aliphatic rings. The molecule has 0 aliphatic carbocycles. The van der Waals surface area contributed by atoms with Gasteiger partial charge in [-0.25, -0.2) is 18.1 Å². The van der Waals surface area contributed by atoms with E-state index in [4.69, 9.17) is 5.73 Å². The van der Waals surface area contributed by atoms with Crippen LogP contribution in [0.3, 0.4) is 0 Å². The van der Waals surface area contributed by atoms with Gasteiger partial charge >= 0.3 is 0 Å². The van der Waals surface area contributed by atoms with Crippen molar-refractivity contribution in [2.75, 3.05) is 12.3 Å². The van der Waals surface area contributed by atoms with Gasteiger partial charge in [-0.3, -0.25) is 4.68 Å². The van der Waals surface area contributed by atoms with Crippen LogP contribution in [0.2, 0.25) is 0 Å². The van der Waals surface area contributed by atoms with E-state index in [2.05, 4.69) is 14.8 Å². The third-order valence-corrected chi connectivity index (χ3v) is 4.93. The summed E-state index contributed by atoms with van der Waals surface area (Å²) in [6, 6.07) is 3.42. The lowest BCUT2D eigenvalue weighted by Crippen LogP contribution is -2.28. The summed E-state index contributed by atoms with van der Waals surface area (Å²) < 4.78 is 28.9. The van der Waals surface area contributed by atoms with Gasteiger partial charge in [-0.2, -0.15) is 5.10 Å². The van der Waals surface area contributed by atoms with Crippen LogP contribution in [0, 0.1) is 13.8 Å². The maximum atomic E-state index is 12.4. The van der Waals surface area contributed by atoms with Crippen LogP contribution in [0.4, 0.5) is 5.69 Å². The number of aromatic nitrogens is 3. The van der Waals surface area contributed by atoms with Crippen LogP contribution >= 0.6 is 0 Å². The number of nitrogens with two attached hydrogens (primary N) is 1. The van der Waals surface area contributed by atoms with Gasteiger partial charge in [0.25, 0.3) is 0 Å². The van der Waals surface area contributed by atoms with Crippen molar-refractivity contribution in [2.45, 2.75) is 25.2 Å². The molecule has 0 spiro atoms. The first kappa shape index (κ1) is 15.5. The lowest BCUT2D eigenvalue weighted by Gasteiger charge is -2.13. The Morgan fingerprint density at radius 3 is 2.67 bits per heavy atom. The minimum Gasteiger partial charge on any atom is -0.398 e. The first-order valence-corrected chi connectivity index (χ1v) is 7.99. The molecule has 3 N–H and O–H groups in total. The van der Waals surface area contributed by atoms with Crippen LogP contribution in [0.1, 0.15) is 17.0 Å². The third kappa shape index (κ3) is 3.40. The predicted octanol–water partition coefficient (Wildman–Crippen LogP) is 0.535. The van der Waals surface area contributed by atoms with Crippen molar-refractivity contribution in [1.29, 1.82) is 0 Å². The molecule has 1 aromatic carbocycles. The number of nitrogens with zero attached hydrogens (tertiary/aromatic N) is 3. The van der Waals surface area contributed by atoms with Gasteiger partial charge in [0.2, 0.25) is 10.0 Å². The largest absolute Gasteiger partial charge is 0.398 e.